The standard InChI is InChI=1S/C25H29NO5/c1-25(2)18-13-19-21(30-22(18)17-5-3-6-20(27)23(17)31-25)7-4-12-26(19)14-15-8-10-16(11-9-15)24(28)29/h3,5-6,8-11,18-19,21-22,27H,4,7,12-14H2,1-2H3,(H,28,29)/t18-,19-,21-,22+/m1/s1. The second kappa shape index (κ2) is 7.53. The van der Waals surface area contributed by atoms with Gasteiger partial charge in [-0.2, -0.15) is 0 Å². The Hall–Kier alpha value is -2.57. The number of nitrogens with zero attached hydrogens (tertiary/aromatic N) is 1. The Balaban J connectivity index is 1.40. The van der Waals surface area contributed by atoms with Gasteiger partial charge in [0.1, 0.15) is 5.60 Å². The van der Waals surface area contributed by atoms with Crippen LogP contribution in [-0.2, 0) is 11.3 Å². The monoisotopic (exact) mass is 423 g/mol. The summed E-state index contributed by atoms with van der Waals surface area (Å²) in [7, 11) is 0. The molecule has 0 saturated carbocycles. The van der Waals surface area contributed by atoms with Crippen LogP contribution >= 0.6 is 0 Å². The molecule has 2 saturated heterocycles. The highest BCUT2D eigenvalue weighted by Crippen LogP contribution is 2.54. The van der Waals surface area contributed by atoms with Crippen molar-refractivity contribution in [1.29, 1.82) is 0 Å². The Morgan fingerprint density at radius 1 is 1.19 bits per heavy atom. The van der Waals surface area contributed by atoms with Crippen molar-refractivity contribution >= 4 is 5.97 Å². The minimum absolute atomic E-state index is 0.0816. The summed E-state index contributed by atoms with van der Waals surface area (Å²) in [5.41, 5.74) is 1.92. The second-order valence-corrected chi connectivity index (χ2v) is 9.52. The van der Waals surface area contributed by atoms with Crippen molar-refractivity contribution < 1.29 is 24.5 Å². The Morgan fingerprint density at radius 2 is 1.97 bits per heavy atom. The van der Waals surface area contributed by atoms with Crippen LogP contribution in [0.1, 0.15) is 60.7 Å². The number of hydrogen-bond donors (Lipinski definition) is 2. The zero-order valence-electron chi connectivity index (χ0n) is 18.0. The number of carboxylic acid groups (broad SMARTS) is 1. The molecule has 6 heteroatoms. The summed E-state index contributed by atoms with van der Waals surface area (Å²) in [4.78, 5) is 13.6. The number of phenols is 1. The van der Waals surface area contributed by atoms with Crippen LogP contribution in [0.5, 0.6) is 11.5 Å². The second-order valence-electron chi connectivity index (χ2n) is 9.52. The molecular weight excluding hydrogens is 394 g/mol. The quantitative estimate of drug-likeness (QED) is 0.763. The first-order valence-electron chi connectivity index (χ1n) is 11.1. The molecule has 0 spiro atoms. The van der Waals surface area contributed by atoms with E-state index in [4.69, 9.17) is 14.6 Å². The summed E-state index contributed by atoms with van der Waals surface area (Å²) < 4.78 is 13.0. The van der Waals surface area contributed by atoms with E-state index in [9.17, 15) is 9.90 Å². The number of carbonyl (C=O) groups is 1. The number of likely N-dealkylation sites (tertiary alicyclic amines) is 1. The number of aromatic carboxylic acids is 1. The zero-order chi connectivity index (χ0) is 21.8. The maximum atomic E-state index is 11.1. The van der Waals surface area contributed by atoms with Crippen molar-refractivity contribution in [3.8, 4) is 11.5 Å². The lowest BCUT2D eigenvalue weighted by atomic mass is 9.72. The van der Waals surface area contributed by atoms with E-state index in [1.165, 1.54) is 0 Å². The van der Waals surface area contributed by atoms with Crippen molar-refractivity contribution in [2.24, 2.45) is 5.92 Å². The minimum Gasteiger partial charge on any atom is -0.504 e. The zero-order valence-corrected chi connectivity index (χ0v) is 18.0. The van der Waals surface area contributed by atoms with Gasteiger partial charge in [0.05, 0.1) is 17.8 Å². The van der Waals surface area contributed by atoms with Gasteiger partial charge in [-0.1, -0.05) is 24.3 Å². The number of rotatable bonds is 3. The van der Waals surface area contributed by atoms with Crippen molar-refractivity contribution in [3.63, 3.8) is 0 Å². The summed E-state index contributed by atoms with van der Waals surface area (Å²) in [6.07, 6.45) is 3.11. The normalized spacial score (nSPS) is 29.2. The number of carboxylic acids is 1. The summed E-state index contributed by atoms with van der Waals surface area (Å²) in [5, 5.41) is 19.5. The smallest absolute Gasteiger partial charge is 0.335 e. The third-order valence-electron chi connectivity index (χ3n) is 7.19. The number of benzene rings is 2. The Morgan fingerprint density at radius 3 is 2.71 bits per heavy atom. The fraction of sp³-hybridized carbons (Fsp3) is 0.480. The van der Waals surface area contributed by atoms with Crippen LogP contribution in [0.3, 0.4) is 0 Å². The van der Waals surface area contributed by atoms with E-state index in [1.54, 1.807) is 18.2 Å². The maximum Gasteiger partial charge on any atom is 0.335 e. The predicted octanol–water partition coefficient (Wildman–Crippen LogP) is 4.37. The van der Waals surface area contributed by atoms with Crippen molar-refractivity contribution in [2.75, 3.05) is 6.54 Å². The van der Waals surface area contributed by atoms with Gasteiger partial charge in [0, 0.05) is 24.1 Å². The van der Waals surface area contributed by atoms with Crippen LogP contribution in [0.2, 0.25) is 0 Å². The van der Waals surface area contributed by atoms with Gasteiger partial charge < -0.3 is 19.7 Å². The lowest BCUT2D eigenvalue weighted by Crippen LogP contribution is -2.58. The van der Waals surface area contributed by atoms with Crippen molar-refractivity contribution in [2.45, 2.75) is 63.5 Å². The van der Waals surface area contributed by atoms with Gasteiger partial charge in [-0.3, -0.25) is 4.90 Å². The van der Waals surface area contributed by atoms with Gasteiger partial charge in [-0.15, -0.1) is 0 Å². The number of fused-ring (bicyclic) bond motifs is 4. The van der Waals surface area contributed by atoms with Crippen molar-refractivity contribution in [3.05, 3.63) is 59.2 Å². The highest BCUT2D eigenvalue weighted by atomic mass is 16.5. The number of ether oxygens (including phenoxy) is 2. The lowest BCUT2D eigenvalue weighted by Gasteiger charge is -2.54. The average molecular weight is 424 g/mol. The van der Waals surface area contributed by atoms with E-state index in [2.05, 4.69) is 18.7 Å². The fourth-order valence-electron chi connectivity index (χ4n) is 5.55. The molecule has 6 nitrogen and oxygen atoms in total. The van der Waals surface area contributed by atoms with E-state index in [-0.39, 0.29) is 29.9 Å². The molecular formula is C25H29NO5. The highest BCUT2D eigenvalue weighted by Gasteiger charge is 2.52. The molecule has 31 heavy (non-hydrogen) atoms. The molecule has 0 unspecified atom stereocenters. The summed E-state index contributed by atoms with van der Waals surface area (Å²) in [6.45, 7) is 5.95. The first-order chi connectivity index (χ1) is 14.8. The summed E-state index contributed by atoms with van der Waals surface area (Å²) in [5.74, 6) is 0.00315. The van der Waals surface area contributed by atoms with Crippen LogP contribution in [0.15, 0.2) is 42.5 Å². The lowest BCUT2D eigenvalue weighted by molar-refractivity contribution is -0.190. The molecule has 2 aromatic carbocycles. The van der Waals surface area contributed by atoms with Crippen LogP contribution < -0.4 is 4.74 Å². The first-order valence-corrected chi connectivity index (χ1v) is 11.1. The fourth-order valence-corrected chi connectivity index (χ4v) is 5.55. The average Bonchev–Trinajstić information content (AvgIpc) is 2.74. The predicted molar refractivity (Wildman–Crippen MR) is 115 cm³/mol. The highest BCUT2D eigenvalue weighted by molar-refractivity contribution is 5.87. The van der Waals surface area contributed by atoms with Crippen LogP contribution in [0, 0.1) is 5.92 Å². The Bertz CT molecular complexity index is 986. The molecule has 3 aliphatic rings. The largest absolute Gasteiger partial charge is 0.504 e. The summed E-state index contributed by atoms with van der Waals surface area (Å²) >= 11 is 0. The van der Waals surface area contributed by atoms with E-state index in [0.717, 1.165) is 43.5 Å². The van der Waals surface area contributed by atoms with Gasteiger partial charge in [0.25, 0.3) is 0 Å². The Labute approximate surface area is 182 Å². The van der Waals surface area contributed by atoms with E-state index >= 15 is 0 Å². The van der Waals surface area contributed by atoms with Gasteiger partial charge in [-0.05, 0) is 63.4 Å². The molecule has 0 aliphatic carbocycles. The molecule has 2 N–H and O–H groups in total. The number of piperidine rings is 1. The molecule has 4 atom stereocenters. The van der Waals surface area contributed by atoms with E-state index < -0.39 is 11.6 Å². The van der Waals surface area contributed by atoms with Gasteiger partial charge in [0.2, 0.25) is 0 Å². The SMILES string of the molecule is CC1(C)Oc2c(O)cccc2[C@@H]2O[C@@H]3CCCN(Cc4ccc(C(=O)O)cc4)[C@@H]3C[C@H]21. The Kier molecular flexibility index (Phi) is 4.94. The molecule has 0 aromatic heterocycles. The minimum atomic E-state index is -0.901. The van der Waals surface area contributed by atoms with Crippen LogP contribution in [0.4, 0.5) is 0 Å². The van der Waals surface area contributed by atoms with Gasteiger partial charge >= 0.3 is 5.97 Å². The number of phenolic OH excluding ortho intramolecular Hbond substituents is 1. The van der Waals surface area contributed by atoms with Crippen LogP contribution in [-0.4, -0.2) is 45.4 Å². The third-order valence-corrected chi connectivity index (χ3v) is 7.19. The van der Waals surface area contributed by atoms with Crippen molar-refractivity contribution in [1.82, 2.24) is 4.90 Å². The molecule has 2 aromatic rings. The third kappa shape index (κ3) is 3.58. The number of aromatic hydroxyl groups is 1. The van der Waals surface area contributed by atoms with E-state index in [1.807, 2.05) is 24.3 Å². The summed E-state index contributed by atoms with van der Waals surface area (Å²) in [6, 6.07) is 13.0. The maximum absolute atomic E-state index is 11.1. The molecule has 0 radical (unpaired) electrons. The topological polar surface area (TPSA) is 79.2 Å². The van der Waals surface area contributed by atoms with Crippen LogP contribution in [0.25, 0.3) is 0 Å². The molecule has 0 amide bonds. The first kappa shape index (κ1) is 20.3. The molecule has 3 heterocycles. The van der Waals surface area contributed by atoms with Gasteiger partial charge in [0.15, 0.2) is 11.5 Å². The molecule has 3 aliphatic heterocycles. The number of para-hydroxylation sites is 1. The molecule has 0 bridgehead atoms. The van der Waals surface area contributed by atoms with E-state index in [0.29, 0.717) is 11.3 Å². The molecule has 164 valence electrons. The number of hydrogen-bond acceptors (Lipinski definition) is 5. The molecule has 2 fully saturated rings. The molecule has 5 rings (SSSR count). The van der Waals surface area contributed by atoms with Gasteiger partial charge in [-0.25, -0.2) is 4.79 Å².